The van der Waals surface area contributed by atoms with Gasteiger partial charge in [0.2, 0.25) is 0 Å². The zero-order valence-corrected chi connectivity index (χ0v) is 15.1. The van der Waals surface area contributed by atoms with Gasteiger partial charge >= 0.3 is 0 Å². The van der Waals surface area contributed by atoms with E-state index in [-0.39, 0.29) is 25.7 Å². The van der Waals surface area contributed by atoms with Gasteiger partial charge in [0.25, 0.3) is 5.91 Å². The molecule has 0 aromatic heterocycles. The van der Waals surface area contributed by atoms with Crippen molar-refractivity contribution in [2.45, 2.75) is 20.0 Å². The second-order valence-corrected chi connectivity index (χ2v) is 5.73. The van der Waals surface area contributed by atoms with Crippen molar-refractivity contribution in [1.29, 1.82) is 0 Å². The number of rotatable bonds is 10. The molecule has 2 aromatic carbocycles. The van der Waals surface area contributed by atoms with Crippen LogP contribution in [-0.2, 0) is 4.79 Å². The summed E-state index contributed by atoms with van der Waals surface area (Å²) in [7, 11) is 0. The second kappa shape index (κ2) is 10.3. The van der Waals surface area contributed by atoms with E-state index in [2.05, 4.69) is 5.32 Å². The average molecular weight is 359 g/mol. The molecular formula is C20H25NO5. The lowest BCUT2D eigenvalue weighted by Crippen LogP contribution is -2.37. The van der Waals surface area contributed by atoms with Crippen molar-refractivity contribution in [2.75, 3.05) is 26.4 Å². The van der Waals surface area contributed by atoms with E-state index in [0.717, 1.165) is 17.1 Å². The van der Waals surface area contributed by atoms with Gasteiger partial charge in [-0.25, -0.2) is 0 Å². The molecular weight excluding hydrogens is 334 g/mol. The Labute approximate surface area is 153 Å². The highest BCUT2D eigenvalue weighted by atomic mass is 16.5. The van der Waals surface area contributed by atoms with Crippen LogP contribution in [0.25, 0.3) is 0 Å². The summed E-state index contributed by atoms with van der Waals surface area (Å²) in [5, 5.41) is 12.5. The molecule has 1 atom stereocenters. The van der Waals surface area contributed by atoms with Crippen molar-refractivity contribution in [3.05, 3.63) is 54.1 Å². The minimum Gasteiger partial charge on any atom is -0.494 e. The first-order chi connectivity index (χ1) is 12.6. The SMILES string of the molecule is CCOc1ccc(OCC(=O)NCC(O)COc2ccccc2C)cc1. The number of aryl methyl sites for hydroxylation is 1. The second-order valence-electron chi connectivity index (χ2n) is 5.73. The number of aliphatic hydroxyl groups excluding tert-OH is 1. The molecule has 0 aliphatic rings. The Kier molecular flexibility index (Phi) is 7.76. The number of carbonyl (C=O) groups is 1. The molecule has 26 heavy (non-hydrogen) atoms. The lowest BCUT2D eigenvalue weighted by molar-refractivity contribution is -0.123. The Hall–Kier alpha value is -2.73. The maximum Gasteiger partial charge on any atom is 0.258 e. The van der Waals surface area contributed by atoms with Crippen molar-refractivity contribution in [3.8, 4) is 17.2 Å². The molecule has 6 nitrogen and oxygen atoms in total. The fraction of sp³-hybridized carbons (Fsp3) is 0.350. The Morgan fingerprint density at radius 2 is 1.69 bits per heavy atom. The number of benzene rings is 2. The highest BCUT2D eigenvalue weighted by Gasteiger charge is 2.09. The first-order valence-corrected chi connectivity index (χ1v) is 8.57. The zero-order chi connectivity index (χ0) is 18.8. The molecule has 1 unspecified atom stereocenters. The fourth-order valence-electron chi connectivity index (χ4n) is 2.19. The molecule has 2 rings (SSSR count). The molecule has 140 valence electrons. The molecule has 1 amide bonds. The third-order valence-corrected chi connectivity index (χ3v) is 3.56. The van der Waals surface area contributed by atoms with E-state index in [1.807, 2.05) is 38.1 Å². The van der Waals surface area contributed by atoms with E-state index in [4.69, 9.17) is 14.2 Å². The summed E-state index contributed by atoms with van der Waals surface area (Å²) in [6.45, 7) is 4.51. The van der Waals surface area contributed by atoms with E-state index in [1.165, 1.54) is 0 Å². The molecule has 2 N–H and O–H groups in total. The van der Waals surface area contributed by atoms with E-state index in [1.54, 1.807) is 24.3 Å². The Morgan fingerprint density at radius 3 is 2.35 bits per heavy atom. The predicted octanol–water partition coefficient (Wildman–Crippen LogP) is 2.33. The lowest BCUT2D eigenvalue weighted by Gasteiger charge is -2.14. The van der Waals surface area contributed by atoms with Crippen molar-refractivity contribution in [1.82, 2.24) is 5.32 Å². The van der Waals surface area contributed by atoms with Crippen LogP contribution in [0.15, 0.2) is 48.5 Å². The molecule has 0 spiro atoms. The Bertz CT molecular complexity index is 687. The summed E-state index contributed by atoms with van der Waals surface area (Å²) in [5.74, 6) is 1.73. The molecule has 0 saturated heterocycles. The summed E-state index contributed by atoms with van der Waals surface area (Å²) in [6.07, 6.45) is -0.802. The monoisotopic (exact) mass is 359 g/mol. The number of hydrogen-bond donors (Lipinski definition) is 2. The number of para-hydroxylation sites is 1. The summed E-state index contributed by atoms with van der Waals surface area (Å²) in [4.78, 5) is 11.8. The van der Waals surface area contributed by atoms with Crippen molar-refractivity contribution in [3.63, 3.8) is 0 Å². The van der Waals surface area contributed by atoms with Gasteiger partial charge in [0.05, 0.1) is 6.61 Å². The van der Waals surface area contributed by atoms with Gasteiger partial charge in [0.1, 0.15) is 30.0 Å². The molecule has 0 fully saturated rings. The third kappa shape index (κ3) is 6.64. The van der Waals surface area contributed by atoms with E-state index in [0.29, 0.717) is 12.4 Å². The molecule has 6 heteroatoms. The van der Waals surface area contributed by atoms with Crippen molar-refractivity contribution in [2.24, 2.45) is 0 Å². The van der Waals surface area contributed by atoms with E-state index < -0.39 is 6.10 Å². The topological polar surface area (TPSA) is 77.0 Å². The number of aliphatic hydroxyl groups is 1. The average Bonchev–Trinajstić information content (AvgIpc) is 2.65. The van der Waals surface area contributed by atoms with E-state index >= 15 is 0 Å². The molecule has 0 aliphatic heterocycles. The third-order valence-electron chi connectivity index (χ3n) is 3.56. The normalized spacial score (nSPS) is 11.5. The highest BCUT2D eigenvalue weighted by molar-refractivity contribution is 5.77. The van der Waals surface area contributed by atoms with Crippen LogP contribution >= 0.6 is 0 Å². The summed E-state index contributed by atoms with van der Waals surface area (Å²) in [6, 6.07) is 14.6. The van der Waals surface area contributed by atoms with Crippen LogP contribution in [0.3, 0.4) is 0 Å². The first-order valence-electron chi connectivity index (χ1n) is 8.57. The highest BCUT2D eigenvalue weighted by Crippen LogP contribution is 2.17. The zero-order valence-electron chi connectivity index (χ0n) is 15.1. The molecule has 0 aliphatic carbocycles. The predicted molar refractivity (Wildman–Crippen MR) is 98.8 cm³/mol. The Balaban J connectivity index is 1.65. The van der Waals surface area contributed by atoms with Crippen LogP contribution < -0.4 is 19.5 Å². The van der Waals surface area contributed by atoms with Gasteiger partial charge in [-0.3, -0.25) is 4.79 Å². The number of ether oxygens (including phenoxy) is 3. The minimum atomic E-state index is -0.802. The van der Waals surface area contributed by atoms with Crippen LogP contribution in [-0.4, -0.2) is 43.5 Å². The van der Waals surface area contributed by atoms with Crippen molar-refractivity contribution < 1.29 is 24.1 Å². The maximum absolute atomic E-state index is 11.8. The smallest absolute Gasteiger partial charge is 0.258 e. The van der Waals surface area contributed by atoms with Crippen LogP contribution in [0.4, 0.5) is 0 Å². The quantitative estimate of drug-likeness (QED) is 0.681. The lowest BCUT2D eigenvalue weighted by atomic mass is 10.2. The minimum absolute atomic E-state index is 0.0946. The molecule has 0 radical (unpaired) electrons. The van der Waals surface area contributed by atoms with Crippen molar-refractivity contribution >= 4 is 5.91 Å². The molecule has 0 bridgehead atoms. The molecule has 0 heterocycles. The number of carbonyl (C=O) groups excluding carboxylic acids is 1. The number of nitrogens with one attached hydrogen (secondary N) is 1. The standard InChI is InChI=1S/C20H25NO5/c1-3-24-17-8-10-18(11-9-17)25-14-20(23)21-12-16(22)13-26-19-7-5-4-6-15(19)2/h4-11,16,22H,3,12-14H2,1-2H3,(H,21,23). The van der Waals surface area contributed by atoms with Gasteiger partial charge in [-0.15, -0.1) is 0 Å². The van der Waals surface area contributed by atoms with Gasteiger partial charge < -0.3 is 24.6 Å². The van der Waals surface area contributed by atoms with Gasteiger partial charge in [-0.05, 0) is 49.7 Å². The van der Waals surface area contributed by atoms with Gasteiger partial charge in [0.15, 0.2) is 6.61 Å². The maximum atomic E-state index is 11.8. The fourth-order valence-corrected chi connectivity index (χ4v) is 2.19. The summed E-state index contributed by atoms with van der Waals surface area (Å²) in [5.41, 5.74) is 0.993. The largest absolute Gasteiger partial charge is 0.494 e. The van der Waals surface area contributed by atoms with Crippen LogP contribution in [0, 0.1) is 6.92 Å². The first kappa shape index (κ1) is 19.6. The number of hydrogen-bond acceptors (Lipinski definition) is 5. The van der Waals surface area contributed by atoms with Gasteiger partial charge in [-0.1, -0.05) is 18.2 Å². The van der Waals surface area contributed by atoms with E-state index in [9.17, 15) is 9.90 Å². The Morgan fingerprint density at radius 1 is 1.04 bits per heavy atom. The summed E-state index contributed by atoms with van der Waals surface area (Å²) < 4.78 is 16.3. The van der Waals surface area contributed by atoms with Crippen LogP contribution in [0.2, 0.25) is 0 Å². The summed E-state index contributed by atoms with van der Waals surface area (Å²) >= 11 is 0. The van der Waals surface area contributed by atoms with Crippen LogP contribution in [0.5, 0.6) is 17.2 Å². The van der Waals surface area contributed by atoms with Gasteiger partial charge in [0, 0.05) is 6.54 Å². The molecule has 0 saturated carbocycles. The molecule has 2 aromatic rings. The van der Waals surface area contributed by atoms with Crippen LogP contribution in [0.1, 0.15) is 12.5 Å². The van der Waals surface area contributed by atoms with Gasteiger partial charge in [-0.2, -0.15) is 0 Å². The number of amides is 1.